The molecule has 1 heterocycles. The maximum absolute atomic E-state index is 12.2. The quantitative estimate of drug-likeness (QED) is 0.535. The summed E-state index contributed by atoms with van der Waals surface area (Å²) in [5.74, 6) is -0.130. The van der Waals surface area contributed by atoms with E-state index in [9.17, 15) is 9.59 Å². The molecule has 0 radical (unpaired) electrons. The van der Waals surface area contributed by atoms with Crippen LogP contribution in [0.3, 0.4) is 0 Å². The number of carboxylic acid groups (broad SMARTS) is 1. The Balaban J connectivity index is 2.48. The highest BCUT2D eigenvalue weighted by atomic mass is 16.5. The topological polar surface area (TPSA) is 82.1 Å². The molecule has 1 aliphatic rings. The Morgan fingerprint density at radius 2 is 2.08 bits per heavy atom. The van der Waals surface area contributed by atoms with Crippen LogP contribution in [0.4, 0.5) is 0 Å². The second kappa shape index (κ2) is 8.56. The first kappa shape index (κ1) is 19.6. The number of carboxylic acids is 1. The lowest BCUT2D eigenvalue weighted by Gasteiger charge is -2.19. The smallest absolute Gasteiger partial charge is 0.342 e. The van der Waals surface area contributed by atoms with Gasteiger partial charge >= 0.3 is 11.9 Å². The summed E-state index contributed by atoms with van der Waals surface area (Å²) in [7, 11) is 1.58. The normalized spacial score (nSPS) is 13.2. The highest BCUT2D eigenvalue weighted by Crippen LogP contribution is 2.42. The Bertz CT molecular complexity index is 760. The zero-order valence-corrected chi connectivity index (χ0v) is 15.4. The van der Waals surface area contributed by atoms with Crippen LogP contribution in [-0.4, -0.2) is 30.8 Å². The number of carbonyl (C=O) groups excluding carboxylic acids is 1. The largest absolute Gasteiger partial charge is 0.496 e. The minimum absolute atomic E-state index is 0.0782. The van der Waals surface area contributed by atoms with Crippen LogP contribution >= 0.6 is 0 Å². The summed E-state index contributed by atoms with van der Waals surface area (Å²) < 4.78 is 16.6. The molecule has 0 amide bonds. The Morgan fingerprint density at radius 3 is 2.69 bits per heavy atom. The second-order valence-electron chi connectivity index (χ2n) is 6.14. The molecule has 0 saturated heterocycles. The number of rotatable bonds is 9. The third kappa shape index (κ3) is 4.07. The third-order valence-electron chi connectivity index (χ3n) is 4.36. The van der Waals surface area contributed by atoms with Crippen molar-refractivity contribution in [1.29, 1.82) is 0 Å². The molecule has 0 bridgehead atoms. The van der Waals surface area contributed by atoms with Gasteiger partial charge in [-0.2, -0.15) is 0 Å². The summed E-state index contributed by atoms with van der Waals surface area (Å²) in [6, 6.07) is 0. The Labute approximate surface area is 153 Å². The van der Waals surface area contributed by atoms with Crippen molar-refractivity contribution in [3.63, 3.8) is 0 Å². The van der Waals surface area contributed by atoms with Gasteiger partial charge < -0.3 is 19.3 Å². The molecule has 1 aromatic carbocycles. The van der Waals surface area contributed by atoms with Crippen molar-refractivity contribution < 1.29 is 28.9 Å². The van der Waals surface area contributed by atoms with Crippen LogP contribution in [0.5, 0.6) is 11.5 Å². The molecule has 140 valence electrons. The number of carbonyl (C=O) groups is 2. The summed E-state index contributed by atoms with van der Waals surface area (Å²) in [5.41, 5.74) is 3.77. The number of methoxy groups -OCH3 is 1. The second-order valence-corrected chi connectivity index (χ2v) is 6.14. The van der Waals surface area contributed by atoms with Gasteiger partial charge in [-0.1, -0.05) is 24.3 Å². The first-order valence-corrected chi connectivity index (χ1v) is 8.41. The monoisotopic (exact) mass is 360 g/mol. The number of hydrogen-bond acceptors (Lipinski definition) is 5. The van der Waals surface area contributed by atoms with E-state index >= 15 is 0 Å². The van der Waals surface area contributed by atoms with E-state index in [4.69, 9.17) is 19.3 Å². The molecule has 1 aliphatic heterocycles. The highest BCUT2D eigenvalue weighted by Gasteiger charge is 2.32. The van der Waals surface area contributed by atoms with Gasteiger partial charge in [0.2, 0.25) is 0 Å². The summed E-state index contributed by atoms with van der Waals surface area (Å²) in [5, 5.41) is 8.81. The molecule has 1 N–H and O–H groups in total. The molecule has 0 spiro atoms. The SMILES string of the molecule is C=CCOc1c(C/C=C(\C)CCC(=O)O)c(OC)c(C)c2c1C(=O)OC2. The summed E-state index contributed by atoms with van der Waals surface area (Å²) in [4.78, 5) is 23.0. The number of esters is 1. The maximum Gasteiger partial charge on any atom is 0.342 e. The number of cyclic esters (lactones) is 1. The molecule has 6 heteroatoms. The lowest BCUT2D eigenvalue weighted by atomic mass is 9.94. The molecule has 0 unspecified atom stereocenters. The van der Waals surface area contributed by atoms with Crippen LogP contribution in [-0.2, 0) is 22.6 Å². The van der Waals surface area contributed by atoms with Crippen molar-refractivity contribution in [2.75, 3.05) is 13.7 Å². The van der Waals surface area contributed by atoms with Gasteiger partial charge in [0.05, 0.1) is 7.11 Å². The van der Waals surface area contributed by atoms with Crippen LogP contribution in [0.15, 0.2) is 24.3 Å². The van der Waals surface area contributed by atoms with Gasteiger partial charge in [0.25, 0.3) is 0 Å². The van der Waals surface area contributed by atoms with Gasteiger partial charge in [0.1, 0.15) is 30.3 Å². The first-order chi connectivity index (χ1) is 12.4. The van der Waals surface area contributed by atoms with Crippen molar-refractivity contribution in [2.24, 2.45) is 0 Å². The number of fused-ring (bicyclic) bond motifs is 1. The number of ether oxygens (including phenoxy) is 3. The van der Waals surface area contributed by atoms with Crippen molar-refractivity contribution in [2.45, 2.75) is 39.7 Å². The lowest BCUT2D eigenvalue weighted by molar-refractivity contribution is -0.136. The number of benzene rings is 1. The number of aliphatic carboxylic acids is 1. The van der Waals surface area contributed by atoms with Crippen molar-refractivity contribution in [3.05, 3.63) is 46.6 Å². The first-order valence-electron chi connectivity index (χ1n) is 8.41. The molecular weight excluding hydrogens is 336 g/mol. The lowest BCUT2D eigenvalue weighted by Crippen LogP contribution is -2.08. The van der Waals surface area contributed by atoms with Crippen LogP contribution in [0.1, 0.15) is 46.8 Å². The van der Waals surface area contributed by atoms with E-state index in [2.05, 4.69) is 6.58 Å². The van der Waals surface area contributed by atoms with Gasteiger partial charge in [-0.25, -0.2) is 4.79 Å². The zero-order chi connectivity index (χ0) is 19.3. The number of hydrogen-bond donors (Lipinski definition) is 1. The summed E-state index contributed by atoms with van der Waals surface area (Å²) in [6.45, 7) is 7.88. The van der Waals surface area contributed by atoms with Crippen LogP contribution < -0.4 is 9.47 Å². The molecule has 26 heavy (non-hydrogen) atoms. The van der Waals surface area contributed by atoms with Crippen LogP contribution in [0.25, 0.3) is 0 Å². The Hall–Kier alpha value is -2.76. The molecule has 0 atom stereocenters. The van der Waals surface area contributed by atoms with Crippen LogP contribution in [0, 0.1) is 6.92 Å². The van der Waals surface area contributed by atoms with Crippen molar-refractivity contribution in [1.82, 2.24) is 0 Å². The molecule has 0 fully saturated rings. The van der Waals surface area contributed by atoms with E-state index in [1.807, 2.05) is 19.9 Å². The van der Waals surface area contributed by atoms with E-state index < -0.39 is 11.9 Å². The van der Waals surface area contributed by atoms with E-state index in [1.54, 1.807) is 13.2 Å². The predicted octanol–water partition coefficient (Wildman–Crippen LogP) is 3.59. The highest BCUT2D eigenvalue weighted by molar-refractivity contribution is 5.98. The van der Waals surface area contributed by atoms with Gasteiger partial charge in [0.15, 0.2) is 0 Å². The summed E-state index contributed by atoms with van der Waals surface area (Å²) >= 11 is 0. The average Bonchev–Trinajstić information content (AvgIpc) is 2.99. The fraction of sp³-hybridized carbons (Fsp3) is 0.400. The minimum atomic E-state index is -0.832. The maximum atomic E-state index is 12.2. The fourth-order valence-electron chi connectivity index (χ4n) is 2.99. The van der Waals surface area contributed by atoms with E-state index in [-0.39, 0.29) is 19.6 Å². The summed E-state index contributed by atoms with van der Waals surface area (Å²) in [6.07, 6.45) is 4.55. The predicted molar refractivity (Wildman–Crippen MR) is 96.9 cm³/mol. The molecular formula is C20H24O6. The zero-order valence-electron chi connectivity index (χ0n) is 15.4. The number of allylic oxidation sites excluding steroid dienone is 2. The van der Waals surface area contributed by atoms with Gasteiger partial charge in [-0.05, 0) is 32.3 Å². The molecule has 0 saturated carbocycles. The molecule has 6 nitrogen and oxygen atoms in total. The van der Waals surface area contributed by atoms with E-state index in [1.165, 1.54) is 0 Å². The van der Waals surface area contributed by atoms with Gasteiger partial charge in [-0.15, -0.1) is 0 Å². The van der Waals surface area contributed by atoms with Crippen molar-refractivity contribution in [3.8, 4) is 11.5 Å². The van der Waals surface area contributed by atoms with E-state index in [0.717, 1.165) is 22.3 Å². The molecule has 0 aromatic heterocycles. The average molecular weight is 360 g/mol. The fourth-order valence-corrected chi connectivity index (χ4v) is 2.99. The van der Waals surface area contributed by atoms with E-state index in [0.29, 0.717) is 29.9 Å². The standard InChI is InChI=1S/C20H24O6/c1-5-10-25-19-14(8-6-12(2)7-9-16(21)22)18(24-4)13(3)15-11-26-20(23)17(15)19/h5-6H,1,7-11H2,2-4H3,(H,21,22)/b12-6+. The molecule has 2 rings (SSSR count). The van der Waals surface area contributed by atoms with Gasteiger partial charge in [-0.3, -0.25) is 4.79 Å². The third-order valence-corrected chi connectivity index (χ3v) is 4.36. The van der Waals surface area contributed by atoms with Crippen molar-refractivity contribution >= 4 is 11.9 Å². The molecule has 1 aromatic rings. The minimum Gasteiger partial charge on any atom is -0.496 e. The van der Waals surface area contributed by atoms with Gasteiger partial charge in [0, 0.05) is 17.5 Å². The Kier molecular flexibility index (Phi) is 6.44. The Morgan fingerprint density at radius 1 is 1.35 bits per heavy atom. The van der Waals surface area contributed by atoms with Crippen LogP contribution in [0.2, 0.25) is 0 Å². The molecule has 0 aliphatic carbocycles.